The van der Waals surface area contributed by atoms with Gasteiger partial charge in [0.05, 0.1) is 0 Å². The number of hydrogen-bond acceptors (Lipinski definition) is 3. The van der Waals surface area contributed by atoms with Crippen LogP contribution in [-0.4, -0.2) is 43.9 Å². The molecule has 0 aromatic rings. The first kappa shape index (κ1) is 12.1. The van der Waals surface area contributed by atoms with Crippen molar-refractivity contribution in [3.8, 4) is 0 Å². The third kappa shape index (κ3) is 3.29. The molecule has 2 fully saturated rings. The first-order chi connectivity index (χ1) is 7.75. The smallest absolute Gasteiger partial charge is 0.137 e. The molecule has 92 valence electrons. The van der Waals surface area contributed by atoms with Gasteiger partial charge in [0.1, 0.15) is 5.78 Å². The molecular formula is C13H24N2O. The molecule has 0 aromatic carbocycles. The summed E-state index contributed by atoms with van der Waals surface area (Å²) >= 11 is 0. The van der Waals surface area contributed by atoms with E-state index in [4.69, 9.17) is 0 Å². The second kappa shape index (κ2) is 5.78. The maximum absolute atomic E-state index is 12.2. The number of likely N-dealkylation sites (tertiary alicyclic amines) is 1. The maximum atomic E-state index is 12.2. The minimum atomic E-state index is 0.327. The number of hydrogen-bond donors (Lipinski definition) is 1. The number of nitrogens with zero attached hydrogens (tertiary/aromatic N) is 1. The summed E-state index contributed by atoms with van der Waals surface area (Å²) < 4.78 is 0. The van der Waals surface area contributed by atoms with Gasteiger partial charge in [0, 0.05) is 18.9 Å². The van der Waals surface area contributed by atoms with E-state index in [1.165, 1.54) is 19.3 Å². The highest BCUT2D eigenvalue weighted by molar-refractivity contribution is 5.81. The van der Waals surface area contributed by atoms with Crippen molar-refractivity contribution in [2.24, 2.45) is 11.8 Å². The monoisotopic (exact) mass is 224 g/mol. The van der Waals surface area contributed by atoms with E-state index >= 15 is 0 Å². The highest BCUT2D eigenvalue weighted by Crippen LogP contribution is 2.23. The number of carbonyl (C=O) groups excluding carboxylic acids is 1. The molecule has 0 aromatic heterocycles. The minimum absolute atomic E-state index is 0.327. The normalized spacial score (nSPS) is 29.2. The molecule has 0 spiro atoms. The largest absolute Gasteiger partial charge is 0.317 e. The van der Waals surface area contributed by atoms with Gasteiger partial charge in [0.25, 0.3) is 0 Å². The van der Waals surface area contributed by atoms with Crippen molar-refractivity contribution in [2.75, 3.05) is 33.2 Å². The Morgan fingerprint density at radius 2 is 2.06 bits per heavy atom. The molecule has 2 heterocycles. The standard InChI is InChI=1S/C13H24N2O/c1-15-8-2-3-12(10-15)13(16)9-11-4-6-14-7-5-11/h11-12,14H,2-10H2,1H3. The number of rotatable bonds is 3. The van der Waals surface area contributed by atoms with Crippen LogP contribution in [0.4, 0.5) is 0 Å². The van der Waals surface area contributed by atoms with Crippen molar-refractivity contribution in [1.29, 1.82) is 0 Å². The minimum Gasteiger partial charge on any atom is -0.317 e. The van der Waals surface area contributed by atoms with Crippen LogP contribution in [0.1, 0.15) is 32.1 Å². The van der Waals surface area contributed by atoms with Gasteiger partial charge >= 0.3 is 0 Å². The quantitative estimate of drug-likeness (QED) is 0.784. The van der Waals surface area contributed by atoms with E-state index in [2.05, 4.69) is 17.3 Å². The topological polar surface area (TPSA) is 32.3 Å². The molecule has 2 rings (SSSR count). The lowest BCUT2D eigenvalue weighted by Crippen LogP contribution is -2.37. The van der Waals surface area contributed by atoms with E-state index in [0.717, 1.165) is 39.0 Å². The summed E-state index contributed by atoms with van der Waals surface area (Å²) in [5.74, 6) is 1.51. The van der Waals surface area contributed by atoms with Gasteiger partial charge in [0.15, 0.2) is 0 Å². The van der Waals surface area contributed by atoms with Gasteiger partial charge in [-0.05, 0) is 58.3 Å². The van der Waals surface area contributed by atoms with E-state index < -0.39 is 0 Å². The van der Waals surface area contributed by atoms with Crippen LogP contribution in [0.5, 0.6) is 0 Å². The average Bonchev–Trinajstić information content (AvgIpc) is 2.30. The van der Waals surface area contributed by atoms with Gasteiger partial charge in [-0.2, -0.15) is 0 Å². The Bertz CT molecular complexity index is 236. The van der Waals surface area contributed by atoms with Gasteiger partial charge in [-0.25, -0.2) is 0 Å². The van der Waals surface area contributed by atoms with Crippen LogP contribution in [0.25, 0.3) is 0 Å². The van der Waals surface area contributed by atoms with Crippen LogP contribution in [0.15, 0.2) is 0 Å². The van der Waals surface area contributed by atoms with E-state index in [-0.39, 0.29) is 0 Å². The number of carbonyl (C=O) groups is 1. The molecule has 2 aliphatic heterocycles. The Labute approximate surface area is 98.6 Å². The van der Waals surface area contributed by atoms with E-state index in [9.17, 15) is 4.79 Å². The van der Waals surface area contributed by atoms with Crippen molar-refractivity contribution in [3.05, 3.63) is 0 Å². The predicted molar refractivity (Wildman–Crippen MR) is 65.4 cm³/mol. The summed E-state index contributed by atoms with van der Waals surface area (Å²) in [5.41, 5.74) is 0. The lowest BCUT2D eigenvalue weighted by atomic mass is 9.85. The van der Waals surface area contributed by atoms with Crippen LogP contribution in [0.3, 0.4) is 0 Å². The lowest BCUT2D eigenvalue weighted by Gasteiger charge is -2.30. The van der Waals surface area contributed by atoms with Gasteiger partial charge in [-0.3, -0.25) is 4.79 Å². The molecule has 2 saturated heterocycles. The molecule has 3 nitrogen and oxygen atoms in total. The molecule has 0 radical (unpaired) electrons. The lowest BCUT2D eigenvalue weighted by molar-refractivity contribution is -0.125. The zero-order valence-electron chi connectivity index (χ0n) is 10.4. The van der Waals surface area contributed by atoms with Crippen molar-refractivity contribution >= 4 is 5.78 Å². The molecule has 1 atom stereocenters. The molecule has 3 heteroatoms. The molecule has 16 heavy (non-hydrogen) atoms. The first-order valence-corrected chi connectivity index (χ1v) is 6.67. The van der Waals surface area contributed by atoms with Crippen molar-refractivity contribution in [1.82, 2.24) is 10.2 Å². The first-order valence-electron chi connectivity index (χ1n) is 6.67. The zero-order chi connectivity index (χ0) is 11.4. The Kier molecular flexibility index (Phi) is 4.36. The molecule has 0 bridgehead atoms. The summed E-state index contributed by atoms with van der Waals surface area (Å²) in [5, 5.41) is 3.36. The highest BCUT2D eigenvalue weighted by atomic mass is 16.1. The van der Waals surface area contributed by atoms with Crippen molar-refractivity contribution in [3.63, 3.8) is 0 Å². The van der Waals surface area contributed by atoms with Crippen LogP contribution < -0.4 is 5.32 Å². The van der Waals surface area contributed by atoms with Crippen molar-refractivity contribution < 1.29 is 4.79 Å². The number of ketones is 1. The van der Waals surface area contributed by atoms with E-state index in [1.807, 2.05) is 0 Å². The highest BCUT2D eigenvalue weighted by Gasteiger charge is 2.26. The molecule has 1 unspecified atom stereocenters. The molecular weight excluding hydrogens is 200 g/mol. The number of piperidine rings is 2. The second-order valence-electron chi connectivity index (χ2n) is 5.47. The number of Topliss-reactive ketones (excluding diaryl/α,β-unsaturated/α-hetero) is 1. The Morgan fingerprint density at radius 3 is 2.75 bits per heavy atom. The third-order valence-electron chi connectivity index (χ3n) is 4.03. The molecule has 0 saturated carbocycles. The summed E-state index contributed by atoms with van der Waals surface area (Å²) in [6.07, 6.45) is 5.52. The van der Waals surface area contributed by atoms with Crippen LogP contribution in [0.2, 0.25) is 0 Å². The van der Waals surface area contributed by atoms with Gasteiger partial charge in [-0.1, -0.05) is 0 Å². The SMILES string of the molecule is CN1CCCC(C(=O)CC2CCNCC2)C1. The summed E-state index contributed by atoms with van der Waals surface area (Å²) in [6.45, 7) is 4.35. The molecule has 2 aliphatic rings. The fraction of sp³-hybridized carbons (Fsp3) is 0.923. The maximum Gasteiger partial charge on any atom is 0.137 e. The van der Waals surface area contributed by atoms with Crippen molar-refractivity contribution in [2.45, 2.75) is 32.1 Å². The van der Waals surface area contributed by atoms with E-state index in [0.29, 0.717) is 17.6 Å². The zero-order valence-corrected chi connectivity index (χ0v) is 10.4. The Morgan fingerprint density at radius 1 is 1.31 bits per heavy atom. The average molecular weight is 224 g/mol. The number of nitrogens with one attached hydrogen (secondary N) is 1. The van der Waals surface area contributed by atoms with E-state index in [1.54, 1.807) is 0 Å². The Balaban J connectivity index is 1.77. The summed E-state index contributed by atoms with van der Waals surface area (Å²) in [6, 6.07) is 0. The molecule has 0 aliphatic carbocycles. The summed E-state index contributed by atoms with van der Waals surface area (Å²) in [7, 11) is 2.13. The van der Waals surface area contributed by atoms with Gasteiger partial charge in [-0.15, -0.1) is 0 Å². The predicted octanol–water partition coefficient (Wildman–Crippen LogP) is 1.29. The summed E-state index contributed by atoms with van der Waals surface area (Å²) in [4.78, 5) is 14.5. The van der Waals surface area contributed by atoms with Crippen LogP contribution in [-0.2, 0) is 4.79 Å². The van der Waals surface area contributed by atoms with Crippen LogP contribution >= 0.6 is 0 Å². The van der Waals surface area contributed by atoms with Gasteiger partial charge in [0.2, 0.25) is 0 Å². The molecule has 1 N–H and O–H groups in total. The van der Waals surface area contributed by atoms with Gasteiger partial charge < -0.3 is 10.2 Å². The third-order valence-corrected chi connectivity index (χ3v) is 4.03. The molecule has 0 amide bonds. The Hall–Kier alpha value is -0.410. The fourth-order valence-corrected chi connectivity index (χ4v) is 2.97. The second-order valence-corrected chi connectivity index (χ2v) is 5.47. The fourth-order valence-electron chi connectivity index (χ4n) is 2.97. The van der Waals surface area contributed by atoms with Crippen LogP contribution in [0, 0.1) is 11.8 Å².